The van der Waals surface area contributed by atoms with E-state index >= 15 is 0 Å². The zero-order valence-corrected chi connectivity index (χ0v) is 24.8. The first-order valence-corrected chi connectivity index (χ1v) is 13.5. The van der Waals surface area contributed by atoms with Gasteiger partial charge in [0.1, 0.15) is 28.4 Å². The van der Waals surface area contributed by atoms with Gasteiger partial charge in [0.05, 0.1) is 35.0 Å². The predicted octanol–water partition coefficient (Wildman–Crippen LogP) is 2.33. The van der Waals surface area contributed by atoms with Gasteiger partial charge in [-0.1, -0.05) is 12.1 Å². The average molecular weight is 687 g/mol. The number of carbonyl (C=O) groups is 3. The van der Waals surface area contributed by atoms with Crippen molar-refractivity contribution in [3.8, 4) is 17.2 Å². The minimum atomic E-state index is -2.01. The molecule has 4 unspecified atom stereocenters. The average Bonchev–Trinajstić information content (AvgIpc) is 2.87. The van der Waals surface area contributed by atoms with Gasteiger partial charge in [-0.25, -0.2) is 0 Å². The van der Waals surface area contributed by atoms with Gasteiger partial charge >= 0.3 is 0 Å². The SMILES string of the molecule is Br.CC(=O)[C@]1(O)Cc2c(O)c3c(c(O)c2[C@@H](OC2CC(N)C(O)C(C)O2)C1)C(=O)c1c(OCBr)cccc1C3=O. The fourth-order valence-electron chi connectivity index (χ4n) is 5.67. The lowest BCUT2D eigenvalue weighted by Crippen LogP contribution is -2.52. The van der Waals surface area contributed by atoms with Gasteiger partial charge in [-0.05, 0) is 35.8 Å². The van der Waals surface area contributed by atoms with Crippen molar-refractivity contribution in [3.05, 3.63) is 51.6 Å². The summed E-state index contributed by atoms with van der Waals surface area (Å²) in [7, 11) is 0. The third kappa shape index (κ3) is 4.77. The Hall–Kier alpha value is -2.39. The van der Waals surface area contributed by atoms with E-state index in [1.807, 2.05) is 0 Å². The summed E-state index contributed by atoms with van der Waals surface area (Å²) in [5.41, 5.74) is 2.96. The molecule has 0 saturated carbocycles. The van der Waals surface area contributed by atoms with Crippen LogP contribution in [-0.2, 0) is 20.7 Å². The highest BCUT2D eigenvalue weighted by atomic mass is 79.9. The lowest BCUT2D eigenvalue weighted by molar-refractivity contribution is -0.247. The van der Waals surface area contributed by atoms with E-state index in [2.05, 4.69) is 15.9 Å². The van der Waals surface area contributed by atoms with Gasteiger partial charge in [0.15, 0.2) is 17.9 Å². The topological polar surface area (TPSA) is 186 Å². The summed E-state index contributed by atoms with van der Waals surface area (Å²) in [6.45, 7) is 2.79. The first-order valence-electron chi connectivity index (χ1n) is 12.4. The minimum Gasteiger partial charge on any atom is -0.507 e. The van der Waals surface area contributed by atoms with E-state index in [0.29, 0.717) is 0 Å². The minimum absolute atomic E-state index is 0. The van der Waals surface area contributed by atoms with Gasteiger partial charge in [0.25, 0.3) is 0 Å². The van der Waals surface area contributed by atoms with Crippen LogP contribution in [0.3, 0.4) is 0 Å². The predicted molar refractivity (Wildman–Crippen MR) is 149 cm³/mol. The molecule has 0 spiro atoms. The van der Waals surface area contributed by atoms with E-state index in [0.717, 1.165) is 0 Å². The van der Waals surface area contributed by atoms with E-state index in [4.69, 9.17) is 19.9 Å². The zero-order chi connectivity index (χ0) is 28.4. The van der Waals surface area contributed by atoms with Crippen molar-refractivity contribution in [1.82, 2.24) is 0 Å². The number of rotatable bonds is 5. The van der Waals surface area contributed by atoms with Crippen LogP contribution in [0.5, 0.6) is 17.2 Å². The number of halogens is 2. The van der Waals surface area contributed by atoms with E-state index in [-0.39, 0.29) is 63.3 Å². The molecular formula is C27H29Br2NO10. The number of aliphatic hydroxyl groups excluding tert-OH is 1. The highest BCUT2D eigenvalue weighted by Gasteiger charge is 2.49. The van der Waals surface area contributed by atoms with Crippen molar-refractivity contribution in [2.45, 2.75) is 69.4 Å². The van der Waals surface area contributed by atoms with Crippen molar-refractivity contribution in [2.75, 3.05) is 5.52 Å². The lowest BCUT2D eigenvalue weighted by atomic mass is 9.72. The van der Waals surface area contributed by atoms with E-state index in [1.54, 1.807) is 6.92 Å². The molecule has 1 saturated heterocycles. The summed E-state index contributed by atoms with van der Waals surface area (Å²) >= 11 is 3.13. The van der Waals surface area contributed by atoms with Gasteiger partial charge in [-0.3, -0.25) is 14.4 Å². The Labute approximate surface area is 248 Å². The molecule has 13 heteroatoms. The van der Waals surface area contributed by atoms with Gasteiger partial charge in [0.2, 0.25) is 5.78 Å². The van der Waals surface area contributed by atoms with E-state index < -0.39 is 82.6 Å². The molecule has 3 aliphatic rings. The molecule has 1 heterocycles. The maximum atomic E-state index is 13.7. The largest absolute Gasteiger partial charge is 0.507 e. The van der Waals surface area contributed by atoms with E-state index in [9.17, 15) is 34.8 Å². The number of hydrogen-bond donors (Lipinski definition) is 5. The molecule has 2 aliphatic carbocycles. The molecule has 40 heavy (non-hydrogen) atoms. The first kappa shape index (κ1) is 30.6. The van der Waals surface area contributed by atoms with Crippen LogP contribution in [0.15, 0.2) is 18.2 Å². The molecule has 216 valence electrons. The highest BCUT2D eigenvalue weighted by molar-refractivity contribution is 9.09. The van der Waals surface area contributed by atoms with Crippen LogP contribution in [0.2, 0.25) is 0 Å². The van der Waals surface area contributed by atoms with Gasteiger partial charge in [-0.2, -0.15) is 0 Å². The van der Waals surface area contributed by atoms with Crippen molar-refractivity contribution >= 4 is 50.3 Å². The van der Waals surface area contributed by atoms with Gasteiger partial charge < -0.3 is 40.4 Å². The Balaban J connectivity index is 0.00000370. The number of Topliss-reactive ketones (excluding diaryl/α,β-unsaturated/α-hetero) is 1. The number of carbonyl (C=O) groups excluding carboxylic acids is 3. The second-order valence-electron chi connectivity index (χ2n) is 10.2. The third-order valence-corrected chi connectivity index (χ3v) is 8.02. The summed E-state index contributed by atoms with van der Waals surface area (Å²) in [5.74, 6) is -3.22. The van der Waals surface area contributed by atoms with Crippen molar-refractivity contribution < 1.29 is 49.0 Å². The number of ketones is 3. The Morgan fingerprint density at radius 3 is 2.48 bits per heavy atom. The zero-order valence-electron chi connectivity index (χ0n) is 21.5. The Morgan fingerprint density at radius 2 is 1.85 bits per heavy atom. The molecule has 0 aromatic heterocycles. The van der Waals surface area contributed by atoms with Crippen molar-refractivity contribution in [2.24, 2.45) is 5.73 Å². The third-order valence-electron chi connectivity index (χ3n) is 7.79. The van der Waals surface area contributed by atoms with Crippen LogP contribution in [0.25, 0.3) is 0 Å². The maximum absolute atomic E-state index is 13.7. The molecule has 0 radical (unpaired) electrons. The van der Waals surface area contributed by atoms with Gasteiger partial charge in [0, 0.05) is 42.0 Å². The number of benzene rings is 2. The maximum Gasteiger partial charge on any atom is 0.202 e. The summed E-state index contributed by atoms with van der Waals surface area (Å²) in [4.78, 5) is 39.8. The number of alkyl halides is 1. The fourth-order valence-corrected chi connectivity index (χ4v) is 5.91. The number of phenols is 2. The normalized spacial score (nSPS) is 29.1. The molecule has 1 aliphatic heterocycles. The van der Waals surface area contributed by atoms with E-state index in [1.165, 1.54) is 25.1 Å². The number of phenolic OH excluding ortho intramolecular Hbond substituents is 2. The molecular weight excluding hydrogens is 658 g/mol. The van der Waals surface area contributed by atoms with Crippen LogP contribution < -0.4 is 10.5 Å². The highest BCUT2D eigenvalue weighted by Crippen LogP contribution is 2.52. The van der Waals surface area contributed by atoms with Crippen molar-refractivity contribution in [3.63, 3.8) is 0 Å². The van der Waals surface area contributed by atoms with Crippen molar-refractivity contribution in [1.29, 1.82) is 0 Å². The standard InChI is InChI=1S/C27H28BrNO10.BrH/c1-10-22(31)14(29)6-17(38-10)39-16-8-27(36,11(2)30)7-13-19(16)26(35)21-20(24(13)33)23(32)12-4-3-5-15(37-9-28)18(12)25(21)34;/h3-5,10,14,16-17,22,31,33,35-36H,6-9,29H2,1-2H3;1H/t10?,14?,16-,17?,22?,27-;/m0./s1. The number of nitrogens with two attached hydrogens (primary N) is 1. The van der Waals surface area contributed by atoms with Crippen LogP contribution in [0.1, 0.15) is 75.8 Å². The second-order valence-corrected chi connectivity index (χ2v) is 10.6. The second kappa shape index (κ2) is 11.1. The fraction of sp³-hybridized carbons (Fsp3) is 0.444. The summed E-state index contributed by atoms with van der Waals surface area (Å²) < 4.78 is 17.3. The lowest BCUT2D eigenvalue weighted by Gasteiger charge is -2.42. The molecule has 6 atom stereocenters. The first-order chi connectivity index (χ1) is 18.4. The van der Waals surface area contributed by atoms with Gasteiger partial charge in [-0.15, -0.1) is 17.0 Å². The Bertz CT molecular complexity index is 1390. The molecule has 2 aromatic carbocycles. The summed E-state index contributed by atoms with van der Waals surface area (Å²) in [5, 5.41) is 44.2. The Kier molecular flexibility index (Phi) is 8.50. The molecule has 2 aromatic rings. The summed E-state index contributed by atoms with van der Waals surface area (Å²) in [6, 6.07) is 3.74. The molecule has 0 bridgehead atoms. The molecule has 5 rings (SSSR count). The van der Waals surface area contributed by atoms with Crippen LogP contribution >= 0.6 is 32.9 Å². The number of hydrogen-bond acceptors (Lipinski definition) is 11. The molecule has 11 nitrogen and oxygen atoms in total. The number of ether oxygens (including phenoxy) is 3. The molecule has 0 amide bonds. The van der Waals surface area contributed by atoms with Crippen LogP contribution in [0.4, 0.5) is 0 Å². The summed E-state index contributed by atoms with van der Waals surface area (Å²) in [6.07, 6.45) is -4.57. The molecule has 1 fully saturated rings. The Morgan fingerprint density at radius 1 is 1.18 bits per heavy atom. The molecule has 6 N–H and O–H groups in total. The number of aliphatic hydroxyl groups is 2. The number of fused-ring (bicyclic) bond motifs is 3. The monoisotopic (exact) mass is 685 g/mol. The number of aromatic hydroxyl groups is 2. The van der Waals surface area contributed by atoms with Crippen LogP contribution in [0, 0.1) is 0 Å². The van der Waals surface area contributed by atoms with Crippen LogP contribution in [-0.4, -0.2) is 73.4 Å². The smallest absolute Gasteiger partial charge is 0.202 e. The quantitative estimate of drug-likeness (QED) is 0.196.